The van der Waals surface area contributed by atoms with Crippen molar-refractivity contribution in [1.29, 1.82) is 0 Å². The highest BCUT2D eigenvalue weighted by molar-refractivity contribution is 14.1. The van der Waals surface area contributed by atoms with Crippen LogP contribution < -0.4 is 4.74 Å². The van der Waals surface area contributed by atoms with Crippen LogP contribution in [0, 0.1) is 7.34 Å². The maximum atomic E-state index is 5.40. The van der Waals surface area contributed by atoms with Gasteiger partial charge in [0.15, 0.2) is 15.3 Å². The number of ether oxygens (including phenoxy) is 1. The van der Waals surface area contributed by atoms with Gasteiger partial charge >= 0.3 is 0 Å². The van der Waals surface area contributed by atoms with Crippen LogP contribution in [0.5, 0.6) is 5.75 Å². The first-order valence-corrected chi connectivity index (χ1v) is 5.22. The van der Waals surface area contributed by atoms with Crippen LogP contribution in [0.3, 0.4) is 0 Å². The normalized spacial score (nSPS) is 14.4. The summed E-state index contributed by atoms with van der Waals surface area (Å²) in [5.41, 5.74) is 0. The zero-order valence-corrected chi connectivity index (χ0v) is 9.75. The Morgan fingerprint density at radius 3 is 2.91 bits per heavy atom. The first-order chi connectivity index (χ1) is 5.29. The number of rotatable bonds is 0. The molecule has 1 aliphatic heterocycles. The minimum absolute atomic E-state index is 0.651. The molecule has 0 N–H and O–H groups in total. The van der Waals surface area contributed by atoms with Gasteiger partial charge in [-0.3, -0.25) is 0 Å². The molecule has 11 heavy (non-hydrogen) atoms. The van der Waals surface area contributed by atoms with Crippen molar-refractivity contribution in [2.75, 3.05) is 6.61 Å². The number of hydrogen-bond acceptors (Lipinski definition) is 2. The topological polar surface area (TPSA) is 22.4 Å². The Bertz CT molecular complexity index is 314. The average Bonchev–Trinajstić information content (AvgIpc) is 2.30. The molecule has 2 nitrogen and oxygen atoms in total. The molecule has 0 atom stereocenters. The molecule has 0 bridgehead atoms. The molecule has 2 heterocycles. The molecule has 0 amide bonds. The molecule has 1 aromatic rings. The quantitative estimate of drug-likeness (QED) is 0.652. The summed E-state index contributed by atoms with van der Waals surface area (Å²) in [4.78, 5) is 0. The Morgan fingerprint density at radius 2 is 2.18 bits per heavy atom. The van der Waals surface area contributed by atoms with Crippen molar-refractivity contribution in [3.63, 3.8) is 0 Å². The standard InChI is InChI=1S/C7H4I2O2/c8-5-6-4(11-7(5)9)2-1-3-10-6/h1-2H,3H2. The fourth-order valence-corrected chi connectivity index (χ4v) is 1.93. The summed E-state index contributed by atoms with van der Waals surface area (Å²) >= 11 is 4.38. The molecule has 0 saturated heterocycles. The molecule has 1 aromatic heterocycles. The second-order valence-corrected chi connectivity index (χ2v) is 4.16. The number of hydrogen-bond donors (Lipinski definition) is 0. The van der Waals surface area contributed by atoms with Gasteiger partial charge in [-0.2, -0.15) is 0 Å². The molecule has 0 radical (unpaired) electrons. The number of halogens is 2. The van der Waals surface area contributed by atoms with Crippen LogP contribution in [0.25, 0.3) is 6.08 Å². The fraction of sp³-hybridized carbons (Fsp3) is 0.143. The molecular weight excluding hydrogens is 370 g/mol. The van der Waals surface area contributed by atoms with Gasteiger partial charge in [-0.1, -0.05) is 0 Å². The van der Waals surface area contributed by atoms with Gasteiger partial charge in [-0.15, -0.1) is 0 Å². The van der Waals surface area contributed by atoms with Crippen LogP contribution in [0.1, 0.15) is 5.76 Å². The predicted octanol–water partition coefficient (Wildman–Crippen LogP) is 2.89. The Kier molecular flexibility index (Phi) is 2.13. The van der Waals surface area contributed by atoms with Gasteiger partial charge in [0.05, 0.1) is 0 Å². The van der Waals surface area contributed by atoms with Gasteiger partial charge in [0.25, 0.3) is 0 Å². The van der Waals surface area contributed by atoms with Crippen molar-refractivity contribution in [1.82, 2.24) is 0 Å². The zero-order chi connectivity index (χ0) is 7.84. The Hall–Kier alpha value is 0.280. The third-order valence-corrected chi connectivity index (χ3v) is 4.16. The van der Waals surface area contributed by atoms with Gasteiger partial charge < -0.3 is 9.15 Å². The van der Waals surface area contributed by atoms with E-state index in [1.807, 2.05) is 12.2 Å². The lowest BCUT2D eigenvalue weighted by Crippen LogP contribution is -1.98. The van der Waals surface area contributed by atoms with Crippen LogP contribution in [0.4, 0.5) is 0 Å². The Balaban J connectivity index is 2.61. The van der Waals surface area contributed by atoms with E-state index in [-0.39, 0.29) is 0 Å². The molecule has 0 unspecified atom stereocenters. The molecule has 1 aliphatic rings. The van der Waals surface area contributed by atoms with Crippen LogP contribution in [-0.2, 0) is 0 Å². The number of furan rings is 1. The van der Waals surface area contributed by atoms with Gasteiger partial charge in [-0.25, -0.2) is 0 Å². The van der Waals surface area contributed by atoms with Gasteiger partial charge in [0.2, 0.25) is 0 Å². The summed E-state index contributed by atoms with van der Waals surface area (Å²) in [6, 6.07) is 0. The van der Waals surface area contributed by atoms with Gasteiger partial charge in [-0.05, 0) is 34.7 Å². The highest BCUT2D eigenvalue weighted by Gasteiger charge is 2.17. The molecule has 0 spiro atoms. The monoisotopic (exact) mass is 374 g/mol. The lowest BCUT2D eigenvalue weighted by atomic mass is 10.3. The second kappa shape index (κ2) is 2.96. The highest BCUT2D eigenvalue weighted by Crippen LogP contribution is 2.35. The fourth-order valence-electron chi connectivity index (χ4n) is 0.916. The lowest BCUT2D eigenvalue weighted by Gasteiger charge is -2.05. The third kappa shape index (κ3) is 1.30. The maximum absolute atomic E-state index is 5.40. The van der Waals surface area contributed by atoms with Crippen LogP contribution in [0.2, 0.25) is 0 Å². The van der Waals surface area contributed by atoms with Crippen molar-refractivity contribution in [3.8, 4) is 5.75 Å². The first-order valence-electron chi connectivity index (χ1n) is 3.06. The van der Waals surface area contributed by atoms with Gasteiger partial charge in [0.1, 0.15) is 10.2 Å². The second-order valence-electron chi connectivity index (χ2n) is 2.10. The van der Waals surface area contributed by atoms with Crippen LogP contribution in [0.15, 0.2) is 10.5 Å². The van der Waals surface area contributed by atoms with E-state index < -0.39 is 0 Å². The van der Waals surface area contributed by atoms with Crippen molar-refractivity contribution in [2.45, 2.75) is 0 Å². The third-order valence-electron chi connectivity index (χ3n) is 1.39. The SMILES string of the molecule is Ic1oc2c(c1I)OCC=C2. The van der Waals surface area contributed by atoms with Crippen LogP contribution in [-0.4, -0.2) is 6.61 Å². The van der Waals surface area contributed by atoms with E-state index in [4.69, 9.17) is 9.15 Å². The smallest absolute Gasteiger partial charge is 0.181 e. The minimum Gasteiger partial charge on any atom is -0.484 e. The van der Waals surface area contributed by atoms with Crippen LogP contribution >= 0.6 is 45.2 Å². The molecule has 58 valence electrons. The molecule has 2 rings (SSSR count). The molecular formula is C7H4I2O2. The summed E-state index contributed by atoms with van der Waals surface area (Å²) in [7, 11) is 0. The van der Waals surface area contributed by atoms with E-state index in [9.17, 15) is 0 Å². The summed E-state index contributed by atoms with van der Waals surface area (Å²) in [6.45, 7) is 0.651. The highest BCUT2D eigenvalue weighted by atomic mass is 127. The molecule has 4 heteroatoms. The Morgan fingerprint density at radius 1 is 1.36 bits per heavy atom. The average molecular weight is 374 g/mol. The summed E-state index contributed by atoms with van der Waals surface area (Å²) in [5, 5.41) is 0. The van der Waals surface area contributed by atoms with Crippen molar-refractivity contribution < 1.29 is 9.15 Å². The zero-order valence-electron chi connectivity index (χ0n) is 5.43. The largest absolute Gasteiger partial charge is 0.484 e. The minimum atomic E-state index is 0.651. The number of fused-ring (bicyclic) bond motifs is 1. The van der Waals surface area contributed by atoms with E-state index >= 15 is 0 Å². The molecule has 0 aromatic carbocycles. The van der Waals surface area contributed by atoms with Crippen molar-refractivity contribution >= 4 is 51.3 Å². The van der Waals surface area contributed by atoms with E-state index in [0.717, 1.165) is 18.8 Å². The van der Waals surface area contributed by atoms with E-state index in [1.165, 1.54) is 0 Å². The lowest BCUT2D eigenvalue weighted by molar-refractivity contribution is 0.348. The summed E-state index contributed by atoms with van der Waals surface area (Å²) in [5.74, 6) is 1.72. The Labute approximate surface area is 91.3 Å². The molecule has 0 saturated carbocycles. The maximum Gasteiger partial charge on any atom is 0.181 e. The van der Waals surface area contributed by atoms with E-state index in [1.54, 1.807) is 0 Å². The van der Waals surface area contributed by atoms with Gasteiger partial charge in [0, 0.05) is 22.6 Å². The summed E-state index contributed by atoms with van der Waals surface area (Å²) in [6.07, 6.45) is 3.89. The molecule has 0 fully saturated rings. The predicted molar refractivity (Wildman–Crippen MR) is 58.7 cm³/mol. The van der Waals surface area contributed by atoms with E-state index in [0.29, 0.717) is 6.61 Å². The first kappa shape index (κ1) is 7.90. The molecule has 0 aliphatic carbocycles. The van der Waals surface area contributed by atoms with E-state index in [2.05, 4.69) is 45.2 Å². The van der Waals surface area contributed by atoms with Crippen molar-refractivity contribution in [3.05, 3.63) is 19.2 Å². The summed E-state index contributed by atoms with van der Waals surface area (Å²) < 4.78 is 12.8. The van der Waals surface area contributed by atoms with Crippen molar-refractivity contribution in [2.24, 2.45) is 0 Å².